The summed E-state index contributed by atoms with van der Waals surface area (Å²) < 4.78 is 0. The van der Waals surface area contributed by atoms with Gasteiger partial charge >= 0.3 is 0 Å². The number of aliphatic hydroxyl groups excluding tert-OH is 1. The predicted octanol–water partition coefficient (Wildman–Crippen LogP) is 0.491. The van der Waals surface area contributed by atoms with Crippen molar-refractivity contribution >= 4 is 23.3 Å². The number of nitrogens with two attached hydrogens (primary N) is 1. The van der Waals surface area contributed by atoms with Crippen LogP contribution in [-0.2, 0) is 9.59 Å². The average molecular weight is 255 g/mol. The first kappa shape index (κ1) is 12.8. The van der Waals surface area contributed by atoms with Crippen LogP contribution in [0.5, 0.6) is 0 Å². The van der Waals surface area contributed by atoms with E-state index in [1.165, 1.54) is 17.8 Å². The third-order valence-corrected chi connectivity index (χ3v) is 4.49. The zero-order valence-corrected chi connectivity index (χ0v) is 10.4. The van der Waals surface area contributed by atoms with Crippen molar-refractivity contribution in [2.45, 2.75) is 25.4 Å². The van der Waals surface area contributed by atoms with Crippen LogP contribution in [0.15, 0.2) is 11.0 Å². The smallest absolute Gasteiger partial charge is 0.175 e. The van der Waals surface area contributed by atoms with Crippen molar-refractivity contribution in [3.05, 3.63) is 11.0 Å². The van der Waals surface area contributed by atoms with Gasteiger partial charge in [0.1, 0.15) is 0 Å². The van der Waals surface area contributed by atoms with Crippen molar-refractivity contribution in [1.29, 1.82) is 0 Å². The van der Waals surface area contributed by atoms with Crippen molar-refractivity contribution in [3.8, 4) is 0 Å². The first-order chi connectivity index (χ1) is 8.15. The van der Waals surface area contributed by atoms with Crippen molar-refractivity contribution in [2.75, 3.05) is 12.3 Å². The van der Waals surface area contributed by atoms with Gasteiger partial charge in [-0.15, -0.1) is 11.8 Å². The largest absolute Gasteiger partial charge is 0.392 e. The summed E-state index contributed by atoms with van der Waals surface area (Å²) in [5, 5.41) is 9.90. The van der Waals surface area contributed by atoms with Crippen molar-refractivity contribution < 1.29 is 14.7 Å². The molecule has 1 saturated carbocycles. The predicted molar refractivity (Wildman–Crippen MR) is 66.4 cm³/mol. The van der Waals surface area contributed by atoms with Gasteiger partial charge in [0.25, 0.3) is 0 Å². The maximum absolute atomic E-state index is 12.2. The van der Waals surface area contributed by atoms with E-state index < -0.39 is 12.0 Å². The number of rotatable bonds is 3. The Balaban J connectivity index is 2.21. The van der Waals surface area contributed by atoms with Crippen molar-refractivity contribution in [3.63, 3.8) is 0 Å². The lowest BCUT2D eigenvalue weighted by atomic mass is 9.70. The van der Waals surface area contributed by atoms with E-state index in [1.54, 1.807) is 0 Å². The van der Waals surface area contributed by atoms with Crippen LogP contribution < -0.4 is 5.73 Å². The molecule has 0 bridgehead atoms. The van der Waals surface area contributed by atoms with Gasteiger partial charge < -0.3 is 10.8 Å². The molecule has 2 rings (SSSR count). The summed E-state index contributed by atoms with van der Waals surface area (Å²) in [5.41, 5.74) is 5.39. The molecule has 17 heavy (non-hydrogen) atoms. The summed E-state index contributed by atoms with van der Waals surface area (Å²) in [6, 6.07) is 0. The van der Waals surface area contributed by atoms with Crippen LogP contribution in [0.2, 0.25) is 0 Å². The molecule has 0 aromatic carbocycles. The molecule has 0 aromatic heterocycles. The second-order valence-corrected chi connectivity index (χ2v) is 5.68. The number of allylic oxidation sites excluding steroid dienone is 2. The topological polar surface area (TPSA) is 80.4 Å². The molecule has 2 aliphatic rings. The Bertz CT molecular complexity index is 367. The van der Waals surface area contributed by atoms with Crippen LogP contribution in [0.4, 0.5) is 0 Å². The van der Waals surface area contributed by atoms with E-state index >= 15 is 0 Å². The van der Waals surface area contributed by atoms with Crippen molar-refractivity contribution in [1.82, 2.24) is 0 Å². The lowest BCUT2D eigenvalue weighted by Crippen LogP contribution is -2.44. The fraction of sp³-hybridized carbons (Fsp3) is 0.667. The highest BCUT2D eigenvalue weighted by atomic mass is 32.2. The van der Waals surface area contributed by atoms with Crippen LogP contribution in [0.3, 0.4) is 0 Å². The van der Waals surface area contributed by atoms with E-state index in [1.807, 2.05) is 0 Å². The highest BCUT2D eigenvalue weighted by Gasteiger charge is 2.44. The molecule has 0 spiro atoms. The van der Waals surface area contributed by atoms with Gasteiger partial charge in [-0.3, -0.25) is 9.59 Å². The normalized spacial score (nSPS) is 33.3. The molecular formula is C12H17NO3S. The maximum Gasteiger partial charge on any atom is 0.175 e. The Morgan fingerprint density at radius 2 is 2.18 bits per heavy atom. The number of fused-ring (bicyclic) bond motifs is 1. The second kappa shape index (κ2) is 5.33. The van der Waals surface area contributed by atoms with Crippen LogP contribution in [0, 0.1) is 11.8 Å². The molecule has 3 N–H and O–H groups in total. The van der Waals surface area contributed by atoms with Crippen LogP contribution in [0.1, 0.15) is 19.3 Å². The number of hydrogen-bond acceptors (Lipinski definition) is 5. The molecule has 94 valence electrons. The lowest BCUT2D eigenvalue weighted by molar-refractivity contribution is -0.136. The molecule has 1 fully saturated rings. The third kappa shape index (κ3) is 2.46. The highest BCUT2D eigenvalue weighted by Crippen LogP contribution is 2.39. The fourth-order valence-electron chi connectivity index (χ4n) is 2.60. The molecule has 3 atom stereocenters. The zero-order chi connectivity index (χ0) is 12.4. The Hall–Kier alpha value is -0.650. The van der Waals surface area contributed by atoms with E-state index in [9.17, 15) is 14.7 Å². The summed E-state index contributed by atoms with van der Waals surface area (Å²) in [6.07, 6.45) is 2.95. The minimum atomic E-state index is -0.660. The molecule has 0 aliphatic heterocycles. The monoisotopic (exact) mass is 255 g/mol. The summed E-state index contributed by atoms with van der Waals surface area (Å²) in [4.78, 5) is 24.6. The standard InChI is InChI=1S/C12H17NO3S/c13-4-5-17-10-6-9(15)7-2-1-3-8(14)11(7)12(10)16/h6-8,11,14H,1-5,13H2. The van der Waals surface area contributed by atoms with Gasteiger partial charge in [0.2, 0.25) is 0 Å². The first-order valence-electron chi connectivity index (χ1n) is 5.96. The summed E-state index contributed by atoms with van der Waals surface area (Å²) in [6.45, 7) is 0.472. The third-order valence-electron chi connectivity index (χ3n) is 3.42. The van der Waals surface area contributed by atoms with Gasteiger partial charge in [-0.1, -0.05) is 6.42 Å². The van der Waals surface area contributed by atoms with E-state index in [-0.39, 0.29) is 17.5 Å². The van der Waals surface area contributed by atoms with Gasteiger partial charge in [-0.05, 0) is 18.9 Å². The Morgan fingerprint density at radius 1 is 1.41 bits per heavy atom. The number of hydrogen-bond donors (Lipinski definition) is 2. The number of carbonyl (C=O) groups is 2. The fourth-order valence-corrected chi connectivity index (χ4v) is 3.42. The first-order valence-corrected chi connectivity index (χ1v) is 6.94. The van der Waals surface area contributed by atoms with Crippen LogP contribution in [-0.4, -0.2) is 35.1 Å². The number of thioether (sulfide) groups is 1. The van der Waals surface area contributed by atoms with E-state index in [0.717, 1.165) is 12.8 Å². The summed E-state index contributed by atoms with van der Waals surface area (Å²) in [5.74, 6) is -0.263. The van der Waals surface area contributed by atoms with Crippen LogP contribution in [0.25, 0.3) is 0 Å². The van der Waals surface area contributed by atoms with Gasteiger partial charge in [-0.2, -0.15) is 0 Å². The van der Waals surface area contributed by atoms with Gasteiger partial charge in [0, 0.05) is 18.2 Å². The average Bonchev–Trinajstić information content (AvgIpc) is 2.32. The molecular weight excluding hydrogens is 238 g/mol. The Morgan fingerprint density at radius 3 is 2.88 bits per heavy atom. The van der Waals surface area contributed by atoms with Gasteiger partial charge in [-0.25, -0.2) is 0 Å². The molecule has 0 saturated heterocycles. The minimum absolute atomic E-state index is 0.00660. The number of Topliss-reactive ketones (excluding diaryl/α,β-unsaturated/α-hetero) is 1. The molecule has 2 aliphatic carbocycles. The molecule has 5 heteroatoms. The van der Waals surface area contributed by atoms with Gasteiger partial charge in [0.05, 0.1) is 16.9 Å². The Labute approximate surface area is 105 Å². The van der Waals surface area contributed by atoms with Gasteiger partial charge in [0.15, 0.2) is 11.6 Å². The Kier molecular flexibility index (Phi) is 4.01. The molecule has 3 unspecified atom stereocenters. The molecule has 0 heterocycles. The number of aliphatic hydroxyl groups is 1. The maximum atomic E-state index is 12.2. The van der Waals surface area contributed by atoms with E-state index in [4.69, 9.17) is 5.73 Å². The quantitative estimate of drug-likeness (QED) is 0.767. The van der Waals surface area contributed by atoms with Crippen LogP contribution >= 0.6 is 11.8 Å². The number of carbonyl (C=O) groups excluding carboxylic acids is 2. The molecule has 0 amide bonds. The second-order valence-electron chi connectivity index (χ2n) is 4.54. The zero-order valence-electron chi connectivity index (χ0n) is 9.59. The number of ketones is 2. The van der Waals surface area contributed by atoms with E-state index in [2.05, 4.69) is 0 Å². The van der Waals surface area contributed by atoms with E-state index in [0.29, 0.717) is 23.6 Å². The minimum Gasteiger partial charge on any atom is -0.392 e. The van der Waals surface area contributed by atoms with Crippen molar-refractivity contribution in [2.24, 2.45) is 17.6 Å². The molecule has 4 nitrogen and oxygen atoms in total. The summed E-state index contributed by atoms with van der Waals surface area (Å²) >= 11 is 1.32. The highest BCUT2D eigenvalue weighted by molar-refractivity contribution is 8.04. The SMILES string of the molecule is NCCSC1=CC(=O)C2CCCC(O)C2C1=O. The summed E-state index contributed by atoms with van der Waals surface area (Å²) in [7, 11) is 0. The molecule has 0 aromatic rings. The lowest BCUT2D eigenvalue weighted by Gasteiger charge is -2.35. The molecule has 0 radical (unpaired) electrons.